The topological polar surface area (TPSA) is 101 Å². The fraction of sp³-hybridized carbons (Fsp3) is 1.00. The van der Waals surface area contributed by atoms with E-state index < -0.39 is 0 Å². The van der Waals surface area contributed by atoms with Gasteiger partial charge < -0.3 is 4.90 Å². The van der Waals surface area contributed by atoms with Crippen LogP contribution < -0.4 is 0 Å². The molecule has 1 unspecified atom stereocenters. The van der Waals surface area contributed by atoms with E-state index in [0.717, 1.165) is 0 Å². The van der Waals surface area contributed by atoms with Gasteiger partial charge >= 0.3 is 0 Å². The van der Waals surface area contributed by atoms with Crippen molar-refractivity contribution < 1.29 is 0 Å². The lowest BCUT2D eigenvalue weighted by molar-refractivity contribution is 0.288. The van der Waals surface area contributed by atoms with Gasteiger partial charge in [-0.25, -0.2) is 0 Å². The van der Waals surface area contributed by atoms with E-state index in [2.05, 4.69) is 20.1 Å². The lowest BCUT2D eigenvalue weighted by Gasteiger charge is -2.17. The van der Waals surface area contributed by atoms with Crippen molar-refractivity contribution in [3.05, 3.63) is 20.9 Å². The fourth-order valence-corrected chi connectivity index (χ4v) is 0.697. The first-order valence-electron chi connectivity index (χ1n) is 3.44. The van der Waals surface area contributed by atoms with Crippen LogP contribution in [0.15, 0.2) is 10.2 Å². The summed E-state index contributed by atoms with van der Waals surface area (Å²) >= 11 is 0. The first kappa shape index (κ1) is 10.6. The Morgan fingerprint density at radius 1 is 1.33 bits per heavy atom. The number of hydrogen-bond donors (Lipinski definition) is 0. The van der Waals surface area contributed by atoms with Crippen molar-refractivity contribution in [3.8, 4) is 0 Å². The van der Waals surface area contributed by atoms with Crippen molar-refractivity contribution in [2.75, 3.05) is 20.6 Å². The first-order chi connectivity index (χ1) is 5.72. The highest BCUT2D eigenvalue weighted by Gasteiger charge is 2.06. The Balaban J connectivity index is 3.95. The van der Waals surface area contributed by atoms with Crippen LogP contribution in [-0.4, -0.2) is 31.7 Å². The second-order valence-electron chi connectivity index (χ2n) is 2.39. The molecule has 0 saturated carbocycles. The lowest BCUT2D eigenvalue weighted by Crippen LogP contribution is -2.25. The zero-order valence-electron chi connectivity index (χ0n) is 7.12. The quantitative estimate of drug-likeness (QED) is 0.350. The highest BCUT2D eigenvalue weighted by molar-refractivity contribution is 4.65. The second kappa shape index (κ2) is 6.30. The summed E-state index contributed by atoms with van der Waals surface area (Å²) in [6.45, 7) is 0.346. The van der Waals surface area contributed by atoms with Crippen molar-refractivity contribution in [1.82, 2.24) is 4.90 Å². The zero-order chi connectivity index (χ0) is 9.40. The van der Waals surface area contributed by atoms with Crippen molar-refractivity contribution in [3.63, 3.8) is 0 Å². The third-order valence-electron chi connectivity index (χ3n) is 1.33. The second-order valence-corrected chi connectivity index (χ2v) is 2.39. The van der Waals surface area contributed by atoms with E-state index in [1.54, 1.807) is 19.0 Å². The summed E-state index contributed by atoms with van der Waals surface area (Å²) in [5.74, 6) is 0. The minimum Gasteiger partial charge on any atom is -0.301 e. The molecule has 0 aliphatic heterocycles. The van der Waals surface area contributed by atoms with Crippen molar-refractivity contribution in [2.24, 2.45) is 10.2 Å². The fourth-order valence-electron chi connectivity index (χ4n) is 0.697. The van der Waals surface area contributed by atoms with Crippen LogP contribution >= 0.6 is 0 Å². The summed E-state index contributed by atoms with van der Waals surface area (Å²) in [7, 11) is 3.60. The summed E-state index contributed by atoms with van der Waals surface area (Å²) in [6.07, 6.45) is 0.307. The summed E-state index contributed by atoms with van der Waals surface area (Å²) in [6, 6.07) is 0. The average Bonchev–Trinajstić information content (AvgIpc) is 2.03. The van der Waals surface area contributed by atoms with Gasteiger partial charge in [0.05, 0.1) is 6.17 Å². The molecule has 0 aromatic heterocycles. The molecule has 1 atom stereocenters. The molecule has 7 heteroatoms. The summed E-state index contributed by atoms with van der Waals surface area (Å²) in [4.78, 5) is 7.05. The molecule has 0 N–H and O–H groups in total. The van der Waals surface area contributed by atoms with E-state index in [1.807, 2.05) is 0 Å². The van der Waals surface area contributed by atoms with E-state index >= 15 is 0 Å². The Morgan fingerprint density at radius 3 is 2.42 bits per heavy atom. The molecule has 0 aliphatic rings. The van der Waals surface area contributed by atoms with Crippen LogP contribution in [0.4, 0.5) is 0 Å². The molecule has 0 spiro atoms. The Morgan fingerprint density at radius 2 is 2.00 bits per heavy atom. The van der Waals surface area contributed by atoms with Crippen LogP contribution in [0.2, 0.25) is 0 Å². The molecule has 0 saturated heterocycles. The first-order valence-corrected chi connectivity index (χ1v) is 3.44. The van der Waals surface area contributed by atoms with Gasteiger partial charge in [-0.3, -0.25) is 0 Å². The van der Waals surface area contributed by atoms with Gasteiger partial charge in [0.1, 0.15) is 0 Å². The van der Waals surface area contributed by atoms with Gasteiger partial charge in [-0.1, -0.05) is 10.2 Å². The molecular formula is C5H11N7. The largest absolute Gasteiger partial charge is 0.301 e. The molecule has 66 valence electrons. The molecule has 0 radical (unpaired) electrons. The predicted octanol–water partition coefficient (Wildman–Crippen LogP) is 1.88. The van der Waals surface area contributed by atoms with Gasteiger partial charge in [-0.05, 0) is 31.6 Å². The van der Waals surface area contributed by atoms with E-state index in [9.17, 15) is 0 Å². The van der Waals surface area contributed by atoms with Gasteiger partial charge in [-0.15, -0.1) is 0 Å². The Labute approximate surface area is 70.2 Å². The van der Waals surface area contributed by atoms with Crippen LogP contribution in [0, 0.1) is 0 Å². The van der Waals surface area contributed by atoms with Crippen LogP contribution in [0.5, 0.6) is 0 Å². The molecule has 0 fully saturated rings. The van der Waals surface area contributed by atoms with Crippen LogP contribution in [0.3, 0.4) is 0 Å². The van der Waals surface area contributed by atoms with E-state index in [1.165, 1.54) is 0 Å². The van der Waals surface area contributed by atoms with Gasteiger partial charge in [0, 0.05) is 16.4 Å². The standard InChI is InChI=1S/C5H11N7/c1-12(2)5(9-11-7)3-4-8-10-6/h5H,3-4H2,1-2H3. The minimum atomic E-state index is -0.236. The van der Waals surface area contributed by atoms with Gasteiger partial charge in [0.15, 0.2) is 0 Å². The zero-order valence-corrected chi connectivity index (χ0v) is 7.12. The molecule has 0 bridgehead atoms. The van der Waals surface area contributed by atoms with Gasteiger partial charge in [0.25, 0.3) is 0 Å². The van der Waals surface area contributed by atoms with Crippen molar-refractivity contribution in [1.29, 1.82) is 0 Å². The third kappa shape index (κ3) is 4.40. The number of nitrogens with zero attached hydrogens (tertiary/aromatic N) is 7. The molecule has 0 heterocycles. The SMILES string of the molecule is CN(C)C(CCN=[N+]=[N-])N=[N+]=[N-]. The van der Waals surface area contributed by atoms with Crippen molar-refractivity contribution in [2.45, 2.75) is 12.6 Å². The number of rotatable bonds is 5. The Kier molecular flexibility index (Phi) is 5.55. The van der Waals surface area contributed by atoms with Crippen LogP contribution in [0.25, 0.3) is 20.9 Å². The van der Waals surface area contributed by atoms with Crippen molar-refractivity contribution >= 4 is 0 Å². The highest BCUT2D eigenvalue weighted by atomic mass is 15.3. The molecular weight excluding hydrogens is 158 g/mol. The van der Waals surface area contributed by atoms with Crippen LogP contribution in [-0.2, 0) is 0 Å². The Bertz CT molecular complexity index is 210. The lowest BCUT2D eigenvalue weighted by atomic mass is 10.3. The summed E-state index contributed by atoms with van der Waals surface area (Å²) in [5, 5.41) is 6.87. The summed E-state index contributed by atoms with van der Waals surface area (Å²) < 4.78 is 0. The number of hydrogen-bond acceptors (Lipinski definition) is 3. The van der Waals surface area contributed by atoms with E-state index in [0.29, 0.717) is 13.0 Å². The molecule has 0 amide bonds. The van der Waals surface area contributed by atoms with Crippen LogP contribution in [0.1, 0.15) is 6.42 Å². The third-order valence-corrected chi connectivity index (χ3v) is 1.33. The molecule has 0 aromatic carbocycles. The molecule has 0 rings (SSSR count). The monoisotopic (exact) mass is 169 g/mol. The molecule has 0 aliphatic carbocycles. The maximum Gasteiger partial charge on any atom is 0.0883 e. The molecule has 12 heavy (non-hydrogen) atoms. The molecule has 7 nitrogen and oxygen atoms in total. The summed E-state index contributed by atoms with van der Waals surface area (Å²) in [5.41, 5.74) is 16.2. The average molecular weight is 169 g/mol. The highest BCUT2D eigenvalue weighted by Crippen LogP contribution is 2.01. The predicted molar refractivity (Wildman–Crippen MR) is 45.3 cm³/mol. The van der Waals surface area contributed by atoms with E-state index in [-0.39, 0.29) is 6.17 Å². The minimum absolute atomic E-state index is 0.236. The normalized spacial score (nSPS) is 11.6. The molecule has 0 aromatic rings. The van der Waals surface area contributed by atoms with Gasteiger partial charge in [-0.2, -0.15) is 0 Å². The number of azide groups is 2. The smallest absolute Gasteiger partial charge is 0.0883 e. The van der Waals surface area contributed by atoms with Gasteiger partial charge in [0.2, 0.25) is 0 Å². The van der Waals surface area contributed by atoms with E-state index in [4.69, 9.17) is 11.1 Å². The maximum absolute atomic E-state index is 8.17. The maximum atomic E-state index is 8.17. The Hall–Kier alpha value is -1.42.